The smallest absolute Gasteiger partial charge is 0.246 e. The summed E-state index contributed by atoms with van der Waals surface area (Å²) in [6, 6.07) is 9.35. The van der Waals surface area contributed by atoms with E-state index in [1.165, 1.54) is 11.2 Å². The molecule has 4 rings (SSSR count). The van der Waals surface area contributed by atoms with Gasteiger partial charge < -0.3 is 4.90 Å². The van der Waals surface area contributed by atoms with Gasteiger partial charge in [0, 0.05) is 17.6 Å². The third-order valence-electron chi connectivity index (χ3n) is 5.62. The molecule has 0 bridgehead atoms. The SMILES string of the molecule is O=C(Cn1nnc(-c2ccccc2)n1)N(C1CCCCC1)C1CCS(=O)(=O)C1. The number of hydrogen-bond donors (Lipinski definition) is 0. The fourth-order valence-electron chi connectivity index (χ4n) is 4.28. The number of amides is 1. The molecule has 1 aromatic heterocycles. The van der Waals surface area contributed by atoms with Crippen LogP contribution < -0.4 is 0 Å². The van der Waals surface area contributed by atoms with E-state index in [1.807, 2.05) is 35.2 Å². The van der Waals surface area contributed by atoms with E-state index in [-0.39, 0.29) is 36.0 Å². The molecule has 1 aromatic carbocycles. The molecule has 2 aromatic rings. The molecule has 150 valence electrons. The highest BCUT2D eigenvalue weighted by molar-refractivity contribution is 7.91. The van der Waals surface area contributed by atoms with Crippen molar-refractivity contribution < 1.29 is 13.2 Å². The van der Waals surface area contributed by atoms with Crippen LogP contribution in [0.4, 0.5) is 0 Å². The highest BCUT2D eigenvalue weighted by atomic mass is 32.2. The quantitative estimate of drug-likeness (QED) is 0.753. The fourth-order valence-corrected chi connectivity index (χ4v) is 5.99. The van der Waals surface area contributed by atoms with E-state index in [0.29, 0.717) is 12.2 Å². The normalized spacial score (nSPS) is 22.2. The van der Waals surface area contributed by atoms with Gasteiger partial charge in [0.15, 0.2) is 9.84 Å². The van der Waals surface area contributed by atoms with Crippen LogP contribution in [0.25, 0.3) is 11.4 Å². The monoisotopic (exact) mass is 403 g/mol. The lowest BCUT2D eigenvalue weighted by Crippen LogP contribution is -2.50. The van der Waals surface area contributed by atoms with Crippen LogP contribution in [-0.4, -0.2) is 63.0 Å². The topological polar surface area (TPSA) is 98.1 Å². The van der Waals surface area contributed by atoms with Crippen molar-refractivity contribution in [2.24, 2.45) is 0 Å². The zero-order chi connectivity index (χ0) is 19.6. The van der Waals surface area contributed by atoms with Crippen LogP contribution in [0, 0.1) is 0 Å². The molecule has 2 heterocycles. The fraction of sp³-hybridized carbons (Fsp3) is 0.579. The molecule has 1 saturated carbocycles. The van der Waals surface area contributed by atoms with Crippen molar-refractivity contribution in [1.29, 1.82) is 0 Å². The Morgan fingerprint density at radius 3 is 2.50 bits per heavy atom. The predicted molar refractivity (Wildman–Crippen MR) is 104 cm³/mol. The van der Waals surface area contributed by atoms with Crippen molar-refractivity contribution in [2.75, 3.05) is 11.5 Å². The molecule has 1 amide bonds. The molecular weight excluding hydrogens is 378 g/mol. The molecule has 1 unspecified atom stereocenters. The van der Waals surface area contributed by atoms with Crippen LogP contribution in [0.15, 0.2) is 30.3 Å². The Balaban J connectivity index is 1.51. The molecule has 2 fully saturated rings. The molecule has 2 aliphatic rings. The van der Waals surface area contributed by atoms with E-state index in [1.54, 1.807) is 0 Å². The van der Waals surface area contributed by atoms with E-state index in [0.717, 1.165) is 31.2 Å². The lowest BCUT2D eigenvalue weighted by Gasteiger charge is -2.38. The Morgan fingerprint density at radius 1 is 1.07 bits per heavy atom. The van der Waals surface area contributed by atoms with Gasteiger partial charge in [-0.15, -0.1) is 10.2 Å². The van der Waals surface area contributed by atoms with Gasteiger partial charge in [-0.05, 0) is 24.5 Å². The predicted octanol–water partition coefficient (Wildman–Crippen LogP) is 1.69. The van der Waals surface area contributed by atoms with Crippen molar-refractivity contribution in [3.8, 4) is 11.4 Å². The molecule has 1 atom stereocenters. The first-order valence-electron chi connectivity index (χ1n) is 9.87. The summed E-state index contributed by atoms with van der Waals surface area (Å²) in [4.78, 5) is 16.3. The van der Waals surface area contributed by atoms with Gasteiger partial charge in [-0.3, -0.25) is 4.79 Å². The molecule has 1 aliphatic heterocycles. The van der Waals surface area contributed by atoms with Crippen molar-refractivity contribution in [3.05, 3.63) is 30.3 Å². The summed E-state index contributed by atoms with van der Waals surface area (Å²) in [6.45, 7) is -0.0210. The first kappa shape index (κ1) is 19.0. The van der Waals surface area contributed by atoms with E-state index in [4.69, 9.17) is 0 Å². The molecule has 0 radical (unpaired) electrons. The zero-order valence-electron chi connectivity index (χ0n) is 15.8. The highest BCUT2D eigenvalue weighted by Gasteiger charge is 2.38. The highest BCUT2D eigenvalue weighted by Crippen LogP contribution is 2.28. The summed E-state index contributed by atoms with van der Waals surface area (Å²) >= 11 is 0. The molecule has 0 N–H and O–H groups in total. The van der Waals surface area contributed by atoms with Crippen LogP contribution >= 0.6 is 0 Å². The Kier molecular flexibility index (Phi) is 5.43. The summed E-state index contributed by atoms with van der Waals surface area (Å²) in [6.07, 6.45) is 5.71. The number of nitrogens with zero attached hydrogens (tertiary/aromatic N) is 5. The number of sulfone groups is 1. The Morgan fingerprint density at radius 2 is 1.82 bits per heavy atom. The molecule has 1 saturated heterocycles. The van der Waals surface area contributed by atoms with Crippen LogP contribution in [0.3, 0.4) is 0 Å². The van der Waals surface area contributed by atoms with Gasteiger partial charge >= 0.3 is 0 Å². The lowest BCUT2D eigenvalue weighted by molar-refractivity contribution is -0.137. The summed E-state index contributed by atoms with van der Waals surface area (Å²) in [5.74, 6) is 0.579. The number of rotatable bonds is 5. The van der Waals surface area contributed by atoms with Crippen LogP contribution in [0.5, 0.6) is 0 Å². The van der Waals surface area contributed by atoms with Crippen LogP contribution in [0.1, 0.15) is 38.5 Å². The second kappa shape index (κ2) is 7.98. The Bertz CT molecular complexity index is 922. The van der Waals surface area contributed by atoms with Crippen molar-refractivity contribution in [3.63, 3.8) is 0 Å². The maximum atomic E-state index is 13.2. The third-order valence-corrected chi connectivity index (χ3v) is 7.37. The summed E-state index contributed by atoms with van der Waals surface area (Å²) in [5, 5.41) is 12.4. The van der Waals surface area contributed by atoms with Gasteiger partial charge in [-0.1, -0.05) is 49.6 Å². The molecular formula is C19H25N5O3S. The van der Waals surface area contributed by atoms with Crippen molar-refractivity contribution in [2.45, 2.75) is 57.2 Å². The standard InChI is InChI=1S/C19H25N5O3S/c25-18(13-23-21-19(20-22-23)15-7-3-1-4-8-15)24(16-9-5-2-6-10-16)17-11-12-28(26,27)14-17/h1,3-4,7-8,16-17H,2,5-6,9-14H2. The number of carbonyl (C=O) groups excluding carboxylic acids is 1. The van der Waals surface area contributed by atoms with Gasteiger partial charge in [0.05, 0.1) is 11.5 Å². The number of tetrazole rings is 1. The average molecular weight is 404 g/mol. The second-order valence-corrected chi connectivity index (χ2v) is 9.89. The van der Waals surface area contributed by atoms with Crippen LogP contribution in [0.2, 0.25) is 0 Å². The lowest BCUT2D eigenvalue weighted by atomic mass is 9.93. The summed E-state index contributed by atoms with van der Waals surface area (Å²) in [7, 11) is -3.06. The molecule has 8 nitrogen and oxygen atoms in total. The van der Waals surface area contributed by atoms with Gasteiger partial charge in [-0.25, -0.2) is 8.42 Å². The molecule has 1 aliphatic carbocycles. The minimum Gasteiger partial charge on any atom is -0.334 e. The van der Waals surface area contributed by atoms with Crippen molar-refractivity contribution >= 4 is 15.7 Å². The Labute approximate surface area is 164 Å². The number of benzene rings is 1. The van der Waals surface area contributed by atoms with Crippen molar-refractivity contribution in [1.82, 2.24) is 25.1 Å². The number of carbonyl (C=O) groups is 1. The molecule has 0 spiro atoms. The van der Waals surface area contributed by atoms with Gasteiger partial charge in [0.2, 0.25) is 11.7 Å². The van der Waals surface area contributed by atoms with Crippen LogP contribution in [-0.2, 0) is 21.2 Å². The van der Waals surface area contributed by atoms with E-state index >= 15 is 0 Å². The minimum absolute atomic E-state index is 0.0210. The van der Waals surface area contributed by atoms with E-state index in [9.17, 15) is 13.2 Å². The average Bonchev–Trinajstić information content (AvgIpc) is 3.30. The zero-order valence-corrected chi connectivity index (χ0v) is 16.6. The first-order chi connectivity index (χ1) is 13.5. The van der Waals surface area contributed by atoms with E-state index in [2.05, 4.69) is 15.4 Å². The summed E-state index contributed by atoms with van der Waals surface area (Å²) < 4.78 is 24.0. The molecule has 28 heavy (non-hydrogen) atoms. The minimum atomic E-state index is -3.06. The van der Waals surface area contributed by atoms with Gasteiger partial charge in [-0.2, -0.15) is 4.80 Å². The van der Waals surface area contributed by atoms with Gasteiger partial charge in [0.1, 0.15) is 6.54 Å². The Hall–Kier alpha value is -2.29. The van der Waals surface area contributed by atoms with E-state index < -0.39 is 9.84 Å². The number of aromatic nitrogens is 4. The largest absolute Gasteiger partial charge is 0.334 e. The summed E-state index contributed by atoms with van der Waals surface area (Å²) in [5.41, 5.74) is 0.840. The molecule has 9 heteroatoms. The van der Waals surface area contributed by atoms with Gasteiger partial charge in [0.25, 0.3) is 0 Å². The second-order valence-electron chi connectivity index (χ2n) is 7.66. The number of hydrogen-bond acceptors (Lipinski definition) is 6. The maximum absolute atomic E-state index is 13.2. The third kappa shape index (κ3) is 4.24. The first-order valence-corrected chi connectivity index (χ1v) is 11.7. The maximum Gasteiger partial charge on any atom is 0.246 e.